The van der Waals surface area contributed by atoms with Gasteiger partial charge in [0.2, 0.25) is 0 Å². The van der Waals surface area contributed by atoms with E-state index in [1.165, 1.54) is 12.1 Å². The normalized spacial score (nSPS) is 12.1. The molecule has 0 spiro atoms. The molecule has 3 N–H and O–H groups in total. The number of aromatic nitrogens is 2. The minimum Gasteiger partial charge on any atom is -0.477 e. The van der Waals surface area contributed by atoms with E-state index in [1.807, 2.05) is 0 Å². The van der Waals surface area contributed by atoms with Crippen LogP contribution in [0, 0.1) is 12.7 Å². The van der Waals surface area contributed by atoms with Crippen LogP contribution in [0.2, 0.25) is 0 Å². The van der Waals surface area contributed by atoms with Crippen molar-refractivity contribution >= 4 is 5.97 Å². The lowest BCUT2D eigenvalue weighted by Crippen LogP contribution is -2.22. The average Bonchev–Trinajstić information content (AvgIpc) is 2.48. The van der Waals surface area contributed by atoms with Crippen LogP contribution in [-0.2, 0) is 6.54 Å². The van der Waals surface area contributed by atoms with Gasteiger partial charge in [0, 0.05) is 6.54 Å². The average molecular weight is 291 g/mol. The van der Waals surface area contributed by atoms with Gasteiger partial charge >= 0.3 is 5.97 Å². The number of halogens is 1. The first-order valence-electron chi connectivity index (χ1n) is 6.19. The van der Waals surface area contributed by atoms with Crippen LogP contribution in [0.5, 0.6) is 0 Å². The number of rotatable bonds is 5. The van der Waals surface area contributed by atoms with Crippen molar-refractivity contribution in [2.75, 3.05) is 0 Å². The summed E-state index contributed by atoms with van der Waals surface area (Å²) in [5.41, 5.74) is 1.26. The van der Waals surface area contributed by atoms with Gasteiger partial charge in [-0.3, -0.25) is 5.32 Å². The molecule has 0 saturated carbocycles. The van der Waals surface area contributed by atoms with Gasteiger partial charge in [0.15, 0.2) is 5.69 Å². The minimum absolute atomic E-state index is 0.154. The van der Waals surface area contributed by atoms with E-state index in [2.05, 4.69) is 15.3 Å². The summed E-state index contributed by atoms with van der Waals surface area (Å²) >= 11 is 0. The topological polar surface area (TPSA) is 95.3 Å². The number of aliphatic hydroxyl groups is 1. The summed E-state index contributed by atoms with van der Waals surface area (Å²) in [4.78, 5) is 18.2. The highest BCUT2D eigenvalue weighted by molar-refractivity contribution is 5.85. The van der Waals surface area contributed by atoms with E-state index in [0.29, 0.717) is 5.56 Å². The van der Waals surface area contributed by atoms with Gasteiger partial charge in [-0.1, -0.05) is 12.1 Å². The van der Waals surface area contributed by atoms with E-state index in [9.17, 15) is 14.3 Å². The Balaban J connectivity index is 2.04. The van der Waals surface area contributed by atoms with Crippen molar-refractivity contribution in [3.05, 3.63) is 58.9 Å². The van der Waals surface area contributed by atoms with Crippen LogP contribution in [0.4, 0.5) is 4.39 Å². The first-order chi connectivity index (χ1) is 9.97. The zero-order valence-corrected chi connectivity index (χ0v) is 11.2. The molecule has 0 aliphatic carbocycles. The highest BCUT2D eigenvalue weighted by Gasteiger charge is 2.12. The van der Waals surface area contributed by atoms with E-state index < -0.39 is 12.2 Å². The molecule has 0 radical (unpaired) electrons. The Morgan fingerprint density at radius 1 is 1.38 bits per heavy atom. The van der Waals surface area contributed by atoms with Crippen molar-refractivity contribution in [2.45, 2.75) is 19.7 Å². The summed E-state index contributed by atoms with van der Waals surface area (Å²) in [6.07, 6.45) is -0.0670. The van der Waals surface area contributed by atoms with Crippen molar-refractivity contribution in [1.29, 1.82) is 0 Å². The summed E-state index contributed by atoms with van der Waals surface area (Å²) in [5, 5.41) is 21.5. The maximum absolute atomic E-state index is 13.1. The standard InChI is InChI=1S/C14H14FN3O3/c1-8-4-9(2-3-10(8)15)6-16-13(19)11-5-12(14(20)21)18-7-17-11/h2-5,7,13,16,19H,6H2,1H3,(H,20,21). The lowest BCUT2D eigenvalue weighted by molar-refractivity contribution is 0.0689. The Bertz CT molecular complexity index is 664. The maximum Gasteiger partial charge on any atom is 0.354 e. The molecule has 0 saturated heterocycles. The van der Waals surface area contributed by atoms with E-state index in [0.717, 1.165) is 11.9 Å². The van der Waals surface area contributed by atoms with Crippen molar-refractivity contribution in [1.82, 2.24) is 15.3 Å². The molecule has 2 rings (SSSR count). The smallest absolute Gasteiger partial charge is 0.354 e. The van der Waals surface area contributed by atoms with E-state index in [4.69, 9.17) is 5.11 Å². The van der Waals surface area contributed by atoms with Crippen molar-refractivity contribution in [3.63, 3.8) is 0 Å². The molecule has 0 bridgehead atoms. The monoisotopic (exact) mass is 291 g/mol. The molecule has 0 amide bonds. The molecule has 110 valence electrons. The molecule has 1 unspecified atom stereocenters. The molecule has 7 heteroatoms. The predicted molar refractivity (Wildman–Crippen MR) is 71.9 cm³/mol. The number of carboxylic acid groups (broad SMARTS) is 1. The highest BCUT2D eigenvalue weighted by atomic mass is 19.1. The first-order valence-corrected chi connectivity index (χ1v) is 6.19. The number of nitrogens with zero attached hydrogens (tertiary/aromatic N) is 2. The molecule has 0 aliphatic heterocycles. The largest absolute Gasteiger partial charge is 0.477 e. The SMILES string of the molecule is Cc1cc(CNC(O)c2cc(C(=O)O)ncn2)ccc1F. The maximum atomic E-state index is 13.1. The highest BCUT2D eigenvalue weighted by Crippen LogP contribution is 2.12. The van der Waals surface area contributed by atoms with Crippen molar-refractivity contribution in [2.24, 2.45) is 0 Å². The van der Waals surface area contributed by atoms with Crippen molar-refractivity contribution in [3.8, 4) is 0 Å². The third kappa shape index (κ3) is 3.80. The molecule has 21 heavy (non-hydrogen) atoms. The van der Waals surface area contributed by atoms with Crippen LogP contribution >= 0.6 is 0 Å². The van der Waals surface area contributed by atoms with Gasteiger partial charge in [-0.25, -0.2) is 19.2 Å². The third-order valence-corrected chi connectivity index (χ3v) is 2.91. The Labute approximate surface area is 120 Å². The molecular weight excluding hydrogens is 277 g/mol. The van der Waals surface area contributed by atoms with Gasteiger partial charge < -0.3 is 10.2 Å². The number of aromatic carboxylic acids is 1. The van der Waals surface area contributed by atoms with Crippen LogP contribution in [-0.4, -0.2) is 26.2 Å². The molecule has 0 aliphatic rings. The molecule has 1 aromatic heterocycles. The minimum atomic E-state index is -1.19. The van der Waals surface area contributed by atoms with Crippen LogP contribution in [0.25, 0.3) is 0 Å². The lowest BCUT2D eigenvalue weighted by Gasteiger charge is -2.13. The Hall–Kier alpha value is -2.38. The molecule has 2 aromatic rings. The Morgan fingerprint density at radius 3 is 2.81 bits per heavy atom. The molecule has 0 fully saturated rings. The van der Waals surface area contributed by atoms with Crippen LogP contribution in [0.1, 0.15) is 33.5 Å². The second kappa shape index (κ2) is 6.38. The second-order valence-electron chi connectivity index (χ2n) is 4.50. The van der Waals surface area contributed by atoms with Gasteiger partial charge in [0.05, 0.1) is 5.69 Å². The number of hydrogen-bond acceptors (Lipinski definition) is 5. The lowest BCUT2D eigenvalue weighted by atomic mass is 10.1. The van der Waals surface area contributed by atoms with Gasteiger partial charge in [0.25, 0.3) is 0 Å². The number of benzene rings is 1. The van der Waals surface area contributed by atoms with Crippen LogP contribution in [0.3, 0.4) is 0 Å². The molecule has 1 aromatic carbocycles. The number of nitrogens with one attached hydrogen (secondary N) is 1. The van der Waals surface area contributed by atoms with Crippen LogP contribution in [0.15, 0.2) is 30.6 Å². The van der Waals surface area contributed by atoms with Gasteiger partial charge in [-0.15, -0.1) is 0 Å². The molecule has 6 nitrogen and oxygen atoms in total. The summed E-state index contributed by atoms with van der Waals surface area (Å²) in [6.45, 7) is 1.94. The predicted octanol–water partition coefficient (Wildman–Crippen LogP) is 1.40. The number of aliphatic hydroxyl groups excluding tert-OH is 1. The number of carbonyl (C=O) groups is 1. The summed E-state index contributed by atoms with van der Waals surface area (Å²) < 4.78 is 13.1. The van der Waals surface area contributed by atoms with Gasteiger partial charge in [-0.2, -0.15) is 0 Å². The van der Waals surface area contributed by atoms with Gasteiger partial charge in [0.1, 0.15) is 18.4 Å². The first kappa shape index (κ1) is 15.0. The van der Waals surface area contributed by atoms with Gasteiger partial charge in [-0.05, 0) is 30.2 Å². The fourth-order valence-corrected chi connectivity index (χ4v) is 1.77. The fraction of sp³-hybridized carbons (Fsp3) is 0.214. The zero-order valence-electron chi connectivity index (χ0n) is 11.2. The van der Waals surface area contributed by atoms with E-state index in [-0.39, 0.29) is 23.7 Å². The van der Waals surface area contributed by atoms with Crippen molar-refractivity contribution < 1.29 is 19.4 Å². The molecular formula is C14H14FN3O3. The Kier molecular flexibility index (Phi) is 4.56. The summed E-state index contributed by atoms with van der Waals surface area (Å²) in [5.74, 6) is -1.48. The number of carboxylic acids is 1. The molecule has 1 heterocycles. The second-order valence-corrected chi connectivity index (χ2v) is 4.50. The number of aryl methyl sites for hydroxylation is 1. The van der Waals surface area contributed by atoms with E-state index in [1.54, 1.807) is 19.1 Å². The van der Waals surface area contributed by atoms with Crippen LogP contribution < -0.4 is 5.32 Å². The molecule has 1 atom stereocenters. The summed E-state index contributed by atoms with van der Waals surface area (Å²) in [6, 6.07) is 5.81. The number of hydrogen-bond donors (Lipinski definition) is 3. The quantitative estimate of drug-likeness (QED) is 0.721. The Morgan fingerprint density at radius 2 is 2.14 bits per heavy atom. The summed E-state index contributed by atoms with van der Waals surface area (Å²) in [7, 11) is 0. The van der Waals surface area contributed by atoms with E-state index >= 15 is 0 Å². The third-order valence-electron chi connectivity index (χ3n) is 2.91. The zero-order chi connectivity index (χ0) is 15.4. The fourth-order valence-electron chi connectivity index (χ4n) is 1.77.